The largest absolute Gasteiger partial charge is 0.453 e. The molecular weight excluding hydrogens is 604 g/mol. The van der Waals surface area contributed by atoms with Crippen LogP contribution in [0.3, 0.4) is 0 Å². The van der Waals surface area contributed by atoms with Crippen molar-refractivity contribution in [2.75, 3.05) is 25.6 Å². The van der Waals surface area contributed by atoms with Crippen LogP contribution in [0.1, 0.15) is 46.3 Å². The van der Waals surface area contributed by atoms with Crippen LogP contribution < -0.4 is 16.0 Å². The molecule has 2 heterocycles. The fourth-order valence-corrected chi connectivity index (χ4v) is 6.19. The standard InChI is InChI=1S/C38H40N6O4/c1-47-38(46)42-36(35(29-16-7-3-8-17-29)30-18-9-4-10-19-30)37(45)41-32-20-12-11-15-28(32)21-22-31-23-39-33(26-48-31)34-24-40-43-44(34)25-27-13-5-2-6-14-27/h2-20,24,31,33,35-36,39H,21-23,25-26H2,1H3,(H,41,45)(H,42,46)/t31-,33+,36+/m1/s1. The van der Waals surface area contributed by atoms with Gasteiger partial charge in [0.2, 0.25) is 5.91 Å². The maximum atomic E-state index is 14.1. The Morgan fingerprint density at radius 2 is 1.56 bits per heavy atom. The molecule has 1 aliphatic heterocycles. The molecule has 246 valence electrons. The number of carbonyl (C=O) groups excluding carboxylic acids is 2. The van der Waals surface area contributed by atoms with Gasteiger partial charge in [0.05, 0.1) is 44.3 Å². The zero-order valence-electron chi connectivity index (χ0n) is 26.9. The highest BCUT2D eigenvalue weighted by Gasteiger charge is 2.33. The van der Waals surface area contributed by atoms with Gasteiger partial charge >= 0.3 is 6.09 Å². The second-order valence-electron chi connectivity index (χ2n) is 11.8. The molecule has 0 unspecified atom stereocenters. The molecule has 10 nitrogen and oxygen atoms in total. The van der Waals surface area contributed by atoms with Gasteiger partial charge in [-0.25, -0.2) is 9.48 Å². The van der Waals surface area contributed by atoms with Crippen LogP contribution in [-0.2, 0) is 27.2 Å². The molecule has 48 heavy (non-hydrogen) atoms. The lowest BCUT2D eigenvalue weighted by Gasteiger charge is -2.31. The lowest BCUT2D eigenvalue weighted by atomic mass is 9.84. The number of anilines is 1. The second-order valence-corrected chi connectivity index (χ2v) is 11.8. The normalized spacial score (nSPS) is 16.6. The Balaban J connectivity index is 1.12. The van der Waals surface area contributed by atoms with Crippen molar-refractivity contribution in [3.63, 3.8) is 0 Å². The molecular formula is C38H40N6O4. The van der Waals surface area contributed by atoms with E-state index in [1.807, 2.05) is 108 Å². The summed E-state index contributed by atoms with van der Waals surface area (Å²) in [5.41, 5.74) is 5.61. The van der Waals surface area contributed by atoms with E-state index in [1.54, 1.807) is 6.20 Å². The predicted molar refractivity (Wildman–Crippen MR) is 183 cm³/mol. The molecule has 2 amide bonds. The smallest absolute Gasteiger partial charge is 0.407 e. The molecule has 0 bridgehead atoms. The Bertz CT molecular complexity index is 1720. The molecule has 4 aromatic carbocycles. The van der Waals surface area contributed by atoms with Gasteiger partial charge in [-0.2, -0.15) is 0 Å². The minimum absolute atomic E-state index is 0.00209. The third-order valence-corrected chi connectivity index (χ3v) is 8.67. The van der Waals surface area contributed by atoms with Gasteiger partial charge in [0, 0.05) is 18.2 Å². The number of methoxy groups -OCH3 is 1. The molecule has 0 saturated carbocycles. The summed E-state index contributed by atoms with van der Waals surface area (Å²) in [5, 5.41) is 18.0. The fourth-order valence-electron chi connectivity index (χ4n) is 6.19. The van der Waals surface area contributed by atoms with Crippen LogP contribution in [0.2, 0.25) is 0 Å². The van der Waals surface area contributed by atoms with E-state index >= 15 is 0 Å². The van der Waals surface area contributed by atoms with Gasteiger partial charge in [-0.15, -0.1) is 5.10 Å². The first-order valence-electron chi connectivity index (χ1n) is 16.2. The first kappa shape index (κ1) is 32.6. The molecule has 10 heteroatoms. The maximum Gasteiger partial charge on any atom is 0.407 e. The molecule has 1 fully saturated rings. The van der Waals surface area contributed by atoms with Crippen molar-refractivity contribution in [2.45, 2.75) is 43.5 Å². The van der Waals surface area contributed by atoms with E-state index in [0.29, 0.717) is 31.8 Å². The zero-order valence-corrected chi connectivity index (χ0v) is 26.9. The highest BCUT2D eigenvalue weighted by molar-refractivity contribution is 5.98. The third kappa shape index (κ3) is 8.14. The van der Waals surface area contributed by atoms with Gasteiger partial charge in [0.15, 0.2) is 0 Å². The summed E-state index contributed by atoms with van der Waals surface area (Å²) in [4.78, 5) is 26.6. The van der Waals surface area contributed by atoms with Gasteiger partial charge in [0.25, 0.3) is 0 Å². The molecule has 0 spiro atoms. The quantitative estimate of drug-likeness (QED) is 0.165. The van der Waals surface area contributed by atoms with Crippen LogP contribution in [0.5, 0.6) is 0 Å². The number of alkyl carbamates (subject to hydrolysis) is 1. The van der Waals surface area contributed by atoms with E-state index in [0.717, 1.165) is 34.4 Å². The van der Waals surface area contributed by atoms with Crippen molar-refractivity contribution in [3.8, 4) is 0 Å². The molecule has 6 rings (SSSR count). The molecule has 3 N–H and O–H groups in total. The van der Waals surface area contributed by atoms with Gasteiger partial charge in [-0.3, -0.25) is 4.79 Å². The number of nitrogens with one attached hydrogen (secondary N) is 3. The average Bonchev–Trinajstić information content (AvgIpc) is 3.60. The van der Waals surface area contributed by atoms with Gasteiger partial charge in [-0.05, 0) is 41.2 Å². The maximum absolute atomic E-state index is 14.1. The van der Waals surface area contributed by atoms with Crippen LogP contribution in [0.15, 0.2) is 121 Å². The van der Waals surface area contributed by atoms with Crippen LogP contribution in [-0.4, -0.2) is 59.4 Å². The molecule has 1 aliphatic rings. The number of para-hydroxylation sites is 1. The number of hydrogen-bond acceptors (Lipinski definition) is 7. The summed E-state index contributed by atoms with van der Waals surface area (Å²) in [6, 6.07) is 36.4. The van der Waals surface area contributed by atoms with E-state index < -0.39 is 18.1 Å². The summed E-state index contributed by atoms with van der Waals surface area (Å²) >= 11 is 0. The topological polar surface area (TPSA) is 119 Å². The van der Waals surface area contributed by atoms with Crippen molar-refractivity contribution < 1.29 is 19.1 Å². The average molecular weight is 645 g/mol. The molecule has 3 atom stereocenters. The number of nitrogens with zero attached hydrogens (tertiary/aromatic N) is 3. The monoisotopic (exact) mass is 644 g/mol. The molecule has 1 aromatic heterocycles. The lowest BCUT2D eigenvalue weighted by Crippen LogP contribution is -2.48. The minimum atomic E-state index is -0.942. The summed E-state index contributed by atoms with van der Waals surface area (Å²) in [5.74, 6) is -0.794. The second kappa shape index (κ2) is 16.0. The SMILES string of the molecule is COC(=O)N[C@H](C(=O)Nc1ccccc1CC[C@@H]1CN[C@H](c2cnnn2Cc2ccccc2)CO1)C(c1ccccc1)c1ccccc1. The summed E-state index contributed by atoms with van der Waals surface area (Å²) < 4.78 is 13.2. The van der Waals surface area contributed by atoms with Crippen LogP contribution >= 0.6 is 0 Å². The first-order chi connectivity index (χ1) is 23.6. The van der Waals surface area contributed by atoms with Crippen LogP contribution in [0.4, 0.5) is 10.5 Å². The van der Waals surface area contributed by atoms with Crippen LogP contribution in [0.25, 0.3) is 0 Å². The van der Waals surface area contributed by atoms with Crippen molar-refractivity contribution >= 4 is 17.7 Å². The van der Waals surface area contributed by atoms with E-state index in [1.165, 1.54) is 7.11 Å². The summed E-state index contributed by atoms with van der Waals surface area (Å²) in [6.45, 7) is 1.83. The number of rotatable bonds is 12. The van der Waals surface area contributed by atoms with E-state index in [4.69, 9.17) is 9.47 Å². The Hall–Kier alpha value is -5.32. The predicted octanol–water partition coefficient (Wildman–Crippen LogP) is 5.48. The van der Waals surface area contributed by atoms with Crippen molar-refractivity contribution in [1.82, 2.24) is 25.6 Å². The van der Waals surface area contributed by atoms with E-state index in [9.17, 15) is 9.59 Å². The minimum Gasteiger partial charge on any atom is -0.453 e. The Morgan fingerprint density at radius 1 is 0.917 bits per heavy atom. The van der Waals surface area contributed by atoms with Gasteiger partial charge < -0.3 is 25.4 Å². The first-order valence-corrected chi connectivity index (χ1v) is 16.2. The van der Waals surface area contributed by atoms with Crippen molar-refractivity contribution in [1.29, 1.82) is 0 Å². The number of morpholine rings is 1. The number of benzene rings is 4. The van der Waals surface area contributed by atoms with Crippen molar-refractivity contribution in [3.05, 3.63) is 149 Å². The number of ether oxygens (including phenoxy) is 2. The number of amides is 2. The Morgan fingerprint density at radius 3 is 2.21 bits per heavy atom. The Labute approximate surface area is 280 Å². The molecule has 1 saturated heterocycles. The van der Waals surface area contributed by atoms with E-state index in [2.05, 4.69) is 38.4 Å². The highest BCUT2D eigenvalue weighted by Crippen LogP contribution is 2.30. The fraction of sp³-hybridized carbons (Fsp3) is 0.263. The van der Waals surface area contributed by atoms with Gasteiger partial charge in [-0.1, -0.05) is 114 Å². The third-order valence-electron chi connectivity index (χ3n) is 8.67. The molecule has 0 radical (unpaired) electrons. The number of aromatic nitrogens is 3. The molecule has 0 aliphatic carbocycles. The highest BCUT2D eigenvalue weighted by atomic mass is 16.5. The number of carbonyl (C=O) groups is 2. The summed E-state index contributed by atoms with van der Waals surface area (Å²) in [7, 11) is 1.29. The number of hydrogen-bond donors (Lipinski definition) is 3. The van der Waals surface area contributed by atoms with E-state index in [-0.39, 0.29) is 18.1 Å². The zero-order chi connectivity index (χ0) is 33.1. The molecule has 5 aromatic rings. The van der Waals surface area contributed by atoms with Gasteiger partial charge in [0.1, 0.15) is 6.04 Å². The Kier molecular flexibility index (Phi) is 10.9. The van der Waals surface area contributed by atoms with Crippen molar-refractivity contribution in [2.24, 2.45) is 0 Å². The number of aryl methyl sites for hydroxylation is 1. The lowest BCUT2D eigenvalue weighted by molar-refractivity contribution is -0.118. The van der Waals surface area contributed by atoms with Crippen LogP contribution in [0, 0.1) is 0 Å². The summed E-state index contributed by atoms with van der Waals surface area (Å²) in [6.07, 6.45) is 2.56.